The Balaban J connectivity index is 1.76. The molecule has 2 heterocycles. The smallest absolute Gasteiger partial charge is 0.285 e. The van der Waals surface area contributed by atoms with Gasteiger partial charge in [-0.1, -0.05) is 30.0 Å². The Labute approximate surface area is 158 Å². The maximum Gasteiger partial charge on any atom is 0.285 e. The van der Waals surface area contributed by atoms with Crippen LogP contribution in [-0.2, 0) is 4.79 Å². The molecule has 2 amide bonds. The summed E-state index contributed by atoms with van der Waals surface area (Å²) in [5.74, 6) is 0.0327. The number of carbonyl (C=O) groups excluding carboxylic acids is 2. The molecule has 25 heavy (non-hydrogen) atoms. The van der Waals surface area contributed by atoms with Crippen LogP contribution in [0.1, 0.15) is 22.2 Å². The Morgan fingerprint density at radius 1 is 1.36 bits per heavy atom. The summed E-state index contributed by atoms with van der Waals surface area (Å²) < 4.78 is 5.75. The number of amides is 2. The number of nitrogens with zero attached hydrogens (tertiary/aromatic N) is 1. The fraction of sp³-hybridized carbons (Fsp3) is 0.118. The van der Waals surface area contributed by atoms with E-state index < -0.39 is 0 Å². The van der Waals surface area contributed by atoms with Crippen molar-refractivity contribution in [3.63, 3.8) is 0 Å². The standard InChI is InChI=1S/C17H14N2O3S3/c1-2-22-12-6-3-5-11(9-12)10-14-16(21)19(17(23)25-14)18-15(20)13-7-4-8-24-13/h3-10H,2H2,1H3,(H,18,20)/b14-10-. The van der Waals surface area contributed by atoms with Crippen molar-refractivity contribution in [3.8, 4) is 5.75 Å². The molecule has 0 radical (unpaired) electrons. The molecule has 0 spiro atoms. The highest BCUT2D eigenvalue weighted by Gasteiger charge is 2.33. The van der Waals surface area contributed by atoms with Crippen molar-refractivity contribution in [3.05, 3.63) is 57.1 Å². The molecule has 1 N–H and O–H groups in total. The number of benzene rings is 1. The lowest BCUT2D eigenvalue weighted by molar-refractivity contribution is -0.123. The molecule has 1 aliphatic heterocycles. The molecule has 1 saturated heterocycles. The van der Waals surface area contributed by atoms with Gasteiger partial charge in [-0.05, 0) is 54.4 Å². The molecule has 5 nitrogen and oxygen atoms in total. The van der Waals surface area contributed by atoms with Crippen molar-refractivity contribution in [2.75, 3.05) is 6.61 Å². The van der Waals surface area contributed by atoms with Gasteiger partial charge >= 0.3 is 0 Å². The van der Waals surface area contributed by atoms with Crippen LogP contribution in [0.15, 0.2) is 46.7 Å². The number of hydrogen-bond donors (Lipinski definition) is 1. The van der Waals surface area contributed by atoms with Crippen molar-refractivity contribution in [2.45, 2.75) is 6.92 Å². The Morgan fingerprint density at radius 2 is 2.20 bits per heavy atom. The van der Waals surface area contributed by atoms with Gasteiger partial charge < -0.3 is 4.74 Å². The van der Waals surface area contributed by atoms with Crippen molar-refractivity contribution in [2.24, 2.45) is 0 Å². The molecule has 0 bridgehead atoms. The maximum atomic E-state index is 12.5. The van der Waals surface area contributed by atoms with Crippen LogP contribution in [0.2, 0.25) is 0 Å². The van der Waals surface area contributed by atoms with Crippen LogP contribution in [-0.4, -0.2) is 27.8 Å². The quantitative estimate of drug-likeness (QED) is 0.623. The summed E-state index contributed by atoms with van der Waals surface area (Å²) in [5, 5.41) is 2.91. The third kappa shape index (κ3) is 4.09. The van der Waals surface area contributed by atoms with E-state index in [0.29, 0.717) is 20.7 Å². The Kier molecular flexibility index (Phi) is 5.52. The molecule has 0 atom stereocenters. The molecular weight excluding hydrogens is 376 g/mol. The van der Waals surface area contributed by atoms with Crippen LogP contribution in [0.3, 0.4) is 0 Å². The highest BCUT2D eigenvalue weighted by molar-refractivity contribution is 8.26. The lowest BCUT2D eigenvalue weighted by Gasteiger charge is -2.14. The summed E-state index contributed by atoms with van der Waals surface area (Å²) in [7, 11) is 0. The van der Waals surface area contributed by atoms with E-state index in [0.717, 1.165) is 28.1 Å². The summed E-state index contributed by atoms with van der Waals surface area (Å²) in [6.45, 7) is 2.48. The Hall–Kier alpha value is -2.16. The van der Waals surface area contributed by atoms with Gasteiger partial charge in [-0.2, -0.15) is 5.01 Å². The van der Waals surface area contributed by atoms with E-state index in [1.54, 1.807) is 23.6 Å². The van der Waals surface area contributed by atoms with E-state index in [2.05, 4.69) is 5.43 Å². The first-order valence-corrected chi connectivity index (χ1v) is 9.54. The zero-order valence-corrected chi connectivity index (χ0v) is 15.7. The minimum absolute atomic E-state index is 0.294. The van der Waals surface area contributed by atoms with Crippen LogP contribution in [0, 0.1) is 0 Å². The number of carbonyl (C=O) groups is 2. The van der Waals surface area contributed by atoms with Crippen LogP contribution in [0.4, 0.5) is 0 Å². The van der Waals surface area contributed by atoms with E-state index in [1.807, 2.05) is 31.2 Å². The van der Waals surface area contributed by atoms with E-state index in [4.69, 9.17) is 17.0 Å². The molecule has 0 unspecified atom stereocenters. The van der Waals surface area contributed by atoms with Gasteiger partial charge in [-0.15, -0.1) is 11.3 Å². The van der Waals surface area contributed by atoms with Gasteiger partial charge in [0.15, 0.2) is 4.32 Å². The van der Waals surface area contributed by atoms with Gasteiger partial charge in [-0.25, -0.2) is 0 Å². The van der Waals surface area contributed by atoms with E-state index in [-0.39, 0.29) is 11.8 Å². The number of thiocarbonyl (C=S) groups is 1. The number of hydrazine groups is 1. The molecule has 1 aliphatic rings. The SMILES string of the molecule is CCOc1cccc(/C=C2\SC(=S)N(NC(=O)c3cccs3)C2=O)c1. The van der Waals surface area contributed by atoms with Crippen LogP contribution < -0.4 is 10.2 Å². The monoisotopic (exact) mass is 390 g/mol. The summed E-state index contributed by atoms with van der Waals surface area (Å²) in [4.78, 5) is 25.6. The van der Waals surface area contributed by atoms with Crippen molar-refractivity contribution < 1.29 is 14.3 Å². The highest BCUT2D eigenvalue weighted by Crippen LogP contribution is 2.32. The molecule has 1 aromatic carbocycles. The minimum Gasteiger partial charge on any atom is -0.494 e. The van der Waals surface area contributed by atoms with Gasteiger partial charge in [0, 0.05) is 0 Å². The van der Waals surface area contributed by atoms with Crippen molar-refractivity contribution in [1.82, 2.24) is 10.4 Å². The number of thioether (sulfide) groups is 1. The number of nitrogens with one attached hydrogen (secondary N) is 1. The summed E-state index contributed by atoms with van der Waals surface area (Å²) >= 11 is 7.67. The van der Waals surface area contributed by atoms with Crippen LogP contribution in [0.25, 0.3) is 6.08 Å². The second kappa shape index (κ2) is 7.81. The second-order valence-electron chi connectivity index (χ2n) is 4.94. The fourth-order valence-electron chi connectivity index (χ4n) is 2.14. The molecule has 128 valence electrons. The average Bonchev–Trinajstić information content (AvgIpc) is 3.21. The lowest BCUT2D eigenvalue weighted by atomic mass is 10.2. The Morgan fingerprint density at radius 3 is 2.92 bits per heavy atom. The number of ether oxygens (including phenoxy) is 1. The molecule has 2 aromatic rings. The summed E-state index contributed by atoms with van der Waals surface area (Å²) in [6.07, 6.45) is 1.74. The Bertz CT molecular complexity index is 847. The first-order valence-electron chi connectivity index (χ1n) is 7.44. The number of thiophene rings is 1. The van der Waals surface area contributed by atoms with E-state index >= 15 is 0 Å². The first kappa shape index (κ1) is 17.7. The molecule has 3 rings (SSSR count). The van der Waals surface area contributed by atoms with E-state index in [1.165, 1.54) is 11.3 Å². The summed E-state index contributed by atoms with van der Waals surface area (Å²) in [6, 6.07) is 10.9. The van der Waals surface area contributed by atoms with Gasteiger partial charge in [0.1, 0.15) is 5.75 Å². The van der Waals surface area contributed by atoms with Crippen molar-refractivity contribution >= 4 is 57.5 Å². The third-order valence-electron chi connectivity index (χ3n) is 3.22. The van der Waals surface area contributed by atoms with Gasteiger partial charge in [0.2, 0.25) is 0 Å². The van der Waals surface area contributed by atoms with Gasteiger partial charge in [0.05, 0.1) is 16.4 Å². The minimum atomic E-state index is -0.356. The second-order valence-corrected chi connectivity index (χ2v) is 7.56. The summed E-state index contributed by atoms with van der Waals surface area (Å²) in [5.41, 5.74) is 3.39. The lowest BCUT2D eigenvalue weighted by Crippen LogP contribution is -2.44. The molecule has 8 heteroatoms. The maximum absolute atomic E-state index is 12.5. The zero-order valence-electron chi connectivity index (χ0n) is 13.2. The van der Waals surface area contributed by atoms with Gasteiger partial charge in [0.25, 0.3) is 11.8 Å². The normalized spacial score (nSPS) is 15.7. The van der Waals surface area contributed by atoms with Crippen LogP contribution in [0.5, 0.6) is 5.75 Å². The molecule has 0 aliphatic carbocycles. The molecular formula is C17H14N2O3S3. The fourth-order valence-corrected chi connectivity index (χ4v) is 3.93. The largest absolute Gasteiger partial charge is 0.494 e. The van der Waals surface area contributed by atoms with E-state index in [9.17, 15) is 9.59 Å². The highest BCUT2D eigenvalue weighted by atomic mass is 32.2. The zero-order chi connectivity index (χ0) is 17.8. The van der Waals surface area contributed by atoms with Gasteiger partial charge in [-0.3, -0.25) is 15.0 Å². The predicted octanol–water partition coefficient (Wildman–Crippen LogP) is 3.69. The predicted molar refractivity (Wildman–Crippen MR) is 104 cm³/mol. The van der Waals surface area contributed by atoms with Crippen LogP contribution >= 0.6 is 35.3 Å². The first-order chi connectivity index (χ1) is 12.1. The number of rotatable bonds is 5. The number of hydrogen-bond acceptors (Lipinski definition) is 6. The third-order valence-corrected chi connectivity index (χ3v) is 5.39. The average molecular weight is 391 g/mol. The van der Waals surface area contributed by atoms with Crippen molar-refractivity contribution in [1.29, 1.82) is 0 Å². The molecule has 1 fully saturated rings. The molecule has 0 saturated carbocycles. The molecule has 1 aromatic heterocycles. The topological polar surface area (TPSA) is 58.6 Å².